The molecule has 2 rings (SSSR count). The number of nitrogens with zero attached hydrogens (tertiary/aromatic N) is 1. The van der Waals surface area contributed by atoms with Crippen LogP contribution >= 0.6 is 0 Å². The normalized spacial score (nSPS) is 11.7. The highest BCUT2D eigenvalue weighted by Gasteiger charge is 2.28. The zero-order valence-electron chi connectivity index (χ0n) is 19.9. The second-order valence-corrected chi connectivity index (χ2v) is 8.16. The Morgan fingerprint density at radius 2 is 1.69 bits per heavy atom. The fraction of sp³-hybridized carbons (Fsp3) is 0.462. The molecule has 6 nitrogen and oxygen atoms in total. The topological polar surface area (TPSA) is 67.9 Å². The lowest BCUT2D eigenvalue weighted by molar-refractivity contribution is -0.141. The smallest absolute Gasteiger partial charge is 0.243 e. The van der Waals surface area contributed by atoms with E-state index < -0.39 is 6.04 Å². The number of aryl methyl sites for hydroxylation is 1. The number of methoxy groups -OCH3 is 1. The molecule has 32 heavy (non-hydrogen) atoms. The van der Waals surface area contributed by atoms with Crippen LogP contribution in [0.2, 0.25) is 0 Å². The van der Waals surface area contributed by atoms with Crippen molar-refractivity contribution in [2.75, 3.05) is 13.7 Å². The zero-order valence-corrected chi connectivity index (χ0v) is 19.9. The SMILES string of the molecule is CC[C@@H](C(=O)NC(C)C)N(Cc1ccccc1C)C(=O)CCCOc1ccc(OC)cc1. The van der Waals surface area contributed by atoms with Crippen molar-refractivity contribution in [1.82, 2.24) is 10.2 Å². The van der Waals surface area contributed by atoms with E-state index in [1.54, 1.807) is 12.0 Å². The molecule has 2 aromatic carbocycles. The monoisotopic (exact) mass is 440 g/mol. The van der Waals surface area contributed by atoms with E-state index in [0.717, 1.165) is 22.6 Å². The first-order valence-corrected chi connectivity index (χ1v) is 11.3. The number of benzene rings is 2. The van der Waals surface area contributed by atoms with Crippen molar-refractivity contribution in [3.8, 4) is 11.5 Å². The van der Waals surface area contributed by atoms with E-state index in [-0.39, 0.29) is 17.9 Å². The Morgan fingerprint density at radius 3 is 2.28 bits per heavy atom. The number of nitrogens with one attached hydrogen (secondary N) is 1. The van der Waals surface area contributed by atoms with Gasteiger partial charge in [-0.05, 0) is 69.0 Å². The molecular weight excluding hydrogens is 404 g/mol. The molecule has 2 aromatic rings. The largest absolute Gasteiger partial charge is 0.497 e. The van der Waals surface area contributed by atoms with E-state index >= 15 is 0 Å². The van der Waals surface area contributed by atoms with Gasteiger partial charge in [0.15, 0.2) is 0 Å². The maximum absolute atomic E-state index is 13.2. The lowest BCUT2D eigenvalue weighted by Gasteiger charge is -2.31. The van der Waals surface area contributed by atoms with E-state index in [0.29, 0.717) is 32.4 Å². The van der Waals surface area contributed by atoms with E-state index in [1.165, 1.54) is 0 Å². The molecule has 1 N–H and O–H groups in total. The van der Waals surface area contributed by atoms with Gasteiger partial charge in [-0.3, -0.25) is 9.59 Å². The molecule has 174 valence electrons. The predicted molar refractivity (Wildman–Crippen MR) is 127 cm³/mol. The molecule has 0 saturated carbocycles. The Morgan fingerprint density at radius 1 is 1.03 bits per heavy atom. The number of ether oxygens (including phenoxy) is 2. The van der Waals surface area contributed by atoms with Crippen molar-refractivity contribution in [3.05, 3.63) is 59.7 Å². The summed E-state index contributed by atoms with van der Waals surface area (Å²) >= 11 is 0. The summed E-state index contributed by atoms with van der Waals surface area (Å²) < 4.78 is 10.9. The van der Waals surface area contributed by atoms with Crippen LogP contribution in [-0.4, -0.2) is 42.5 Å². The van der Waals surface area contributed by atoms with Gasteiger partial charge < -0.3 is 19.7 Å². The summed E-state index contributed by atoms with van der Waals surface area (Å²) in [6.45, 7) is 8.65. The van der Waals surface area contributed by atoms with Crippen LogP contribution in [0.5, 0.6) is 11.5 Å². The van der Waals surface area contributed by atoms with E-state index in [2.05, 4.69) is 5.32 Å². The quantitative estimate of drug-likeness (QED) is 0.494. The average Bonchev–Trinajstić information content (AvgIpc) is 2.77. The van der Waals surface area contributed by atoms with Crippen molar-refractivity contribution in [2.24, 2.45) is 0 Å². The first kappa shape index (κ1) is 25.2. The Balaban J connectivity index is 2.04. The van der Waals surface area contributed by atoms with Gasteiger partial charge in [-0.25, -0.2) is 0 Å². The minimum Gasteiger partial charge on any atom is -0.497 e. The van der Waals surface area contributed by atoms with Crippen molar-refractivity contribution >= 4 is 11.8 Å². The molecule has 0 unspecified atom stereocenters. The van der Waals surface area contributed by atoms with Crippen LogP contribution in [0, 0.1) is 6.92 Å². The number of carbonyl (C=O) groups is 2. The van der Waals surface area contributed by atoms with Gasteiger partial charge in [-0.1, -0.05) is 31.2 Å². The molecular formula is C26H36N2O4. The summed E-state index contributed by atoms with van der Waals surface area (Å²) in [6.07, 6.45) is 1.43. The highest BCUT2D eigenvalue weighted by Crippen LogP contribution is 2.19. The molecule has 1 atom stereocenters. The molecule has 0 fully saturated rings. The first-order chi connectivity index (χ1) is 15.3. The minimum absolute atomic E-state index is 0.0184. The fourth-order valence-corrected chi connectivity index (χ4v) is 3.50. The predicted octanol–water partition coefficient (Wildman–Crippen LogP) is 4.49. The second kappa shape index (κ2) is 12.7. The number of amides is 2. The van der Waals surface area contributed by atoms with Crippen LogP contribution in [0.25, 0.3) is 0 Å². The van der Waals surface area contributed by atoms with Crippen LogP contribution in [0.1, 0.15) is 51.2 Å². The third kappa shape index (κ3) is 7.59. The number of carbonyl (C=O) groups excluding carboxylic acids is 2. The molecule has 0 aliphatic carbocycles. The first-order valence-electron chi connectivity index (χ1n) is 11.3. The van der Waals surface area contributed by atoms with Gasteiger partial charge >= 0.3 is 0 Å². The van der Waals surface area contributed by atoms with Gasteiger partial charge in [0, 0.05) is 19.0 Å². The molecule has 0 heterocycles. The van der Waals surface area contributed by atoms with Gasteiger partial charge in [-0.2, -0.15) is 0 Å². The molecule has 6 heteroatoms. The number of hydrogen-bond donors (Lipinski definition) is 1. The van der Waals surface area contributed by atoms with Crippen LogP contribution in [0.3, 0.4) is 0 Å². The lowest BCUT2D eigenvalue weighted by atomic mass is 10.0. The minimum atomic E-state index is -0.507. The summed E-state index contributed by atoms with van der Waals surface area (Å²) in [6, 6.07) is 14.8. The van der Waals surface area contributed by atoms with E-state index in [9.17, 15) is 9.59 Å². The third-order valence-corrected chi connectivity index (χ3v) is 5.28. The van der Waals surface area contributed by atoms with Gasteiger partial charge in [0.1, 0.15) is 17.5 Å². The highest BCUT2D eigenvalue weighted by molar-refractivity contribution is 5.87. The molecule has 0 bridgehead atoms. The summed E-state index contributed by atoms with van der Waals surface area (Å²) in [4.78, 5) is 27.8. The third-order valence-electron chi connectivity index (χ3n) is 5.28. The van der Waals surface area contributed by atoms with Crippen LogP contribution < -0.4 is 14.8 Å². The second-order valence-electron chi connectivity index (χ2n) is 8.16. The van der Waals surface area contributed by atoms with Crippen LogP contribution in [0.15, 0.2) is 48.5 Å². The van der Waals surface area contributed by atoms with Crippen molar-refractivity contribution in [1.29, 1.82) is 0 Å². The van der Waals surface area contributed by atoms with Gasteiger partial charge in [0.25, 0.3) is 0 Å². The van der Waals surface area contributed by atoms with E-state index in [1.807, 2.05) is 76.2 Å². The molecule has 0 aromatic heterocycles. The molecule has 2 amide bonds. The van der Waals surface area contributed by atoms with Crippen molar-refractivity contribution in [3.63, 3.8) is 0 Å². The van der Waals surface area contributed by atoms with Gasteiger partial charge in [0.05, 0.1) is 13.7 Å². The zero-order chi connectivity index (χ0) is 23.5. The summed E-state index contributed by atoms with van der Waals surface area (Å²) in [5, 5.41) is 2.96. The molecule has 0 aliphatic heterocycles. The molecule has 0 spiro atoms. The maximum Gasteiger partial charge on any atom is 0.243 e. The summed E-state index contributed by atoms with van der Waals surface area (Å²) in [5.41, 5.74) is 2.15. The lowest BCUT2D eigenvalue weighted by Crippen LogP contribution is -2.50. The Bertz CT molecular complexity index is 864. The number of rotatable bonds is 12. The number of hydrogen-bond acceptors (Lipinski definition) is 4. The summed E-state index contributed by atoms with van der Waals surface area (Å²) in [5.74, 6) is 1.35. The van der Waals surface area contributed by atoms with Crippen molar-refractivity contribution in [2.45, 2.75) is 65.6 Å². The highest BCUT2D eigenvalue weighted by atomic mass is 16.5. The average molecular weight is 441 g/mol. The van der Waals surface area contributed by atoms with Crippen LogP contribution in [0.4, 0.5) is 0 Å². The standard InChI is InChI=1S/C26H36N2O4/c1-6-24(26(30)27-19(2)3)28(18-21-11-8-7-10-20(21)4)25(29)12-9-17-32-23-15-13-22(31-5)14-16-23/h7-8,10-11,13-16,19,24H,6,9,12,17-18H2,1-5H3,(H,27,30)/t24-/m0/s1. The Labute approximate surface area is 191 Å². The maximum atomic E-state index is 13.2. The van der Waals surface area contributed by atoms with E-state index in [4.69, 9.17) is 9.47 Å². The Kier molecular flexibility index (Phi) is 10.1. The van der Waals surface area contributed by atoms with Crippen LogP contribution in [-0.2, 0) is 16.1 Å². The molecule has 0 aliphatic rings. The van der Waals surface area contributed by atoms with Gasteiger partial charge in [-0.15, -0.1) is 0 Å². The van der Waals surface area contributed by atoms with Crippen molar-refractivity contribution < 1.29 is 19.1 Å². The molecule has 0 saturated heterocycles. The molecule has 0 radical (unpaired) electrons. The summed E-state index contributed by atoms with van der Waals surface area (Å²) in [7, 11) is 1.62. The fourth-order valence-electron chi connectivity index (χ4n) is 3.50. The van der Waals surface area contributed by atoms with Gasteiger partial charge in [0.2, 0.25) is 11.8 Å². The Hall–Kier alpha value is -3.02.